The predicted octanol–water partition coefficient (Wildman–Crippen LogP) is 2.84. The molecule has 0 atom stereocenters. The van der Waals surface area contributed by atoms with E-state index in [2.05, 4.69) is 4.74 Å². The minimum Gasteiger partial charge on any atom is -0.389 e. The Morgan fingerprint density at radius 2 is 2.00 bits per heavy atom. The maximum absolute atomic E-state index is 13.3. The molecule has 18 heavy (non-hydrogen) atoms. The van der Waals surface area contributed by atoms with Crippen molar-refractivity contribution in [2.75, 3.05) is 0 Å². The van der Waals surface area contributed by atoms with Crippen molar-refractivity contribution in [1.29, 1.82) is 0 Å². The second-order valence-electron chi connectivity index (χ2n) is 4.44. The van der Waals surface area contributed by atoms with E-state index in [0.29, 0.717) is 25.3 Å². The summed E-state index contributed by atoms with van der Waals surface area (Å²) in [6, 6.07) is 2.48. The highest BCUT2D eigenvalue weighted by Gasteiger charge is 2.50. The normalized spacial score (nSPS) is 16.2. The second kappa shape index (κ2) is 4.48. The Bertz CT molecular complexity index is 507. The van der Waals surface area contributed by atoms with Gasteiger partial charge in [0.05, 0.1) is 11.0 Å². The monoisotopic (exact) mass is 254 g/mol. The number of halogens is 2. The maximum atomic E-state index is 13.3. The molecule has 1 aliphatic carbocycles. The van der Waals surface area contributed by atoms with Gasteiger partial charge in [-0.3, -0.25) is 4.79 Å². The van der Waals surface area contributed by atoms with Gasteiger partial charge in [0.15, 0.2) is 0 Å². The Hall–Kier alpha value is -1.78. The summed E-state index contributed by atoms with van der Waals surface area (Å²) in [6.07, 6.45) is 1.95. The van der Waals surface area contributed by atoms with Crippen molar-refractivity contribution in [3.8, 4) is 0 Å². The molecular weight excluding hydrogens is 242 g/mol. The van der Waals surface area contributed by atoms with Crippen LogP contribution in [0.3, 0.4) is 0 Å². The number of esters is 2. The van der Waals surface area contributed by atoms with E-state index in [9.17, 15) is 18.4 Å². The molecule has 1 aromatic rings. The van der Waals surface area contributed by atoms with Gasteiger partial charge in [-0.25, -0.2) is 13.6 Å². The highest BCUT2D eigenvalue weighted by molar-refractivity contribution is 5.99. The van der Waals surface area contributed by atoms with E-state index >= 15 is 0 Å². The number of carbonyl (C=O) groups is 2. The number of rotatable bonds is 3. The van der Waals surface area contributed by atoms with Crippen LogP contribution in [0.5, 0.6) is 0 Å². The van der Waals surface area contributed by atoms with E-state index in [-0.39, 0.29) is 0 Å². The van der Waals surface area contributed by atoms with Gasteiger partial charge in [0.2, 0.25) is 0 Å². The molecule has 5 heteroatoms. The largest absolute Gasteiger partial charge is 0.389 e. The number of carbonyl (C=O) groups excluding carboxylic acids is 2. The Labute approximate surface area is 103 Å². The lowest BCUT2D eigenvalue weighted by atomic mass is 10.0. The third-order valence-electron chi connectivity index (χ3n) is 3.30. The van der Waals surface area contributed by atoms with Gasteiger partial charge < -0.3 is 4.74 Å². The maximum Gasteiger partial charge on any atom is 0.348 e. The van der Waals surface area contributed by atoms with Gasteiger partial charge in [0.25, 0.3) is 0 Å². The summed E-state index contributed by atoms with van der Waals surface area (Å²) in [7, 11) is 0. The molecule has 0 aromatic heterocycles. The molecule has 0 N–H and O–H groups in total. The third-order valence-corrected chi connectivity index (χ3v) is 3.30. The fraction of sp³-hybridized carbons (Fsp3) is 0.385. The topological polar surface area (TPSA) is 43.4 Å². The number of hydrogen-bond donors (Lipinski definition) is 0. The Morgan fingerprint density at radius 3 is 2.50 bits per heavy atom. The first-order valence-electron chi connectivity index (χ1n) is 5.70. The lowest BCUT2D eigenvalue weighted by molar-refractivity contribution is -0.144. The van der Waals surface area contributed by atoms with Gasteiger partial charge in [-0.15, -0.1) is 0 Å². The van der Waals surface area contributed by atoms with Crippen molar-refractivity contribution >= 4 is 11.9 Å². The van der Waals surface area contributed by atoms with E-state index < -0.39 is 34.6 Å². The molecule has 1 aromatic carbocycles. The molecule has 0 heterocycles. The smallest absolute Gasteiger partial charge is 0.348 e. The Morgan fingerprint density at radius 1 is 1.33 bits per heavy atom. The average Bonchev–Trinajstić information content (AvgIpc) is 3.09. The van der Waals surface area contributed by atoms with Gasteiger partial charge >= 0.3 is 11.9 Å². The standard InChI is InChI=1S/C13H12F2O3/c1-2-13(5-6-13)12(17)18-11(16)9-4-3-8(14)7-10(9)15/h3-4,7H,2,5-6H2,1H3. The minimum absolute atomic E-state index is 0.434. The van der Waals surface area contributed by atoms with Crippen molar-refractivity contribution in [2.45, 2.75) is 26.2 Å². The highest BCUT2D eigenvalue weighted by Crippen LogP contribution is 2.49. The van der Waals surface area contributed by atoms with Crippen LogP contribution in [-0.2, 0) is 9.53 Å². The molecule has 0 saturated heterocycles. The summed E-state index contributed by atoms with van der Waals surface area (Å²) >= 11 is 0. The molecule has 96 valence electrons. The zero-order valence-corrected chi connectivity index (χ0v) is 9.83. The quantitative estimate of drug-likeness (QED) is 0.615. The molecule has 0 unspecified atom stereocenters. The zero-order chi connectivity index (χ0) is 13.3. The van der Waals surface area contributed by atoms with E-state index in [4.69, 9.17) is 0 Å². The van der Waals surface area contributed by atoms with Crippen molar-refractivity contribution in [3.63, 3.8) is 0 Å². The van der Waals surface area contributed by atoms with Crippen LogP contribution in [0, 0.1) is 17.0 Å². The van der Waals surface area contributed by atoms with Gasteiger partial charge in [-0.05, 0) is 31.4 Å². The third kappa shape index (κ3) is 2.25. The summed E-state index contributed by atoms with van der Waals surface area (Å²) in [5.74, 6) is -3.52. The summed E-state index contributed by atoms with van der Waals surface area (Å²) in [6.45, 7) is 1.83. The fourth-order valence-corrected chi connectivity index (χ4v) is 1.76. The van der Waals surface area contributed by atoms with Gasteiger partial charge in [0, 0.05) is 6.07 Å². The predicted molar refractivity (Wildman–Crippen MR) is 58.7 cm³/mol. The van der Waals surface area contributed by atoms with Crippen LogP contribution < -0.4 is 0 Å². The summed E-state index contributed by atoms with van der Waals surface area (Å²) in [5, 5.41) is 0. The Balaban J connectivity index is 2.10. The SMILES string of the molecule is CCC1(C(=O)OC(=O)c2ccc(F)cc2F)CC1. The van der Waals surface area contributed by atoms with Crippen LogP contribution in [0.4, 0.5) is 8.78 Å². The second-order valence-corrected chi connectivity index (χ2v) is 4.44. The Kier molecular flexibility index (Phi) is 3.15. The van der Waals surface area contributed by atoms with E-state index in [1.54, 1.807) is 0 Å². The number of benzene rings is 1. The first-order chi connectivity index (χ1) is 8.48. The molecule has 3 nitrogen and oxygen atoms in total. The molecule has 1 saturated carbocycles. The van der Waals surface area contributed by atoms with Crippen molar-refractivity contribution in [2.24, 2.45) is 5.41 Å². The summed E-state index contributed by atoms with van der Waals surface area (Å²) in [5.41, 5.74) is -1.01. The van der Waals surface area contributed by atoms with Crippen LogP contribution in [0.2, 0.25) is 0 Å². The molecule has 2 rings (SSSR count). The van der Waals surface area contributed by atoms with Gasteiger partial charge in [-0.2, -0.15) is 0 Å². The molecule has 0 spiro atoms. The molecule has 0 bridgehead atoms. The summed E-state index contributed by atoms with van der Waals surface area (Å²) in [4.78, 5) is 23.3. The average molecular weight is 254 g/mol. The molecular formula is C13H12F2O3. The minimum atomic E-state index is -1.07. The van der Waals surface area contributed by atoms with Crippen LogP contribution in [0.25, 0.3) is 0 Å². The number of hydrogen-bond acceptors (Lipinski definition) is 3. The first kappa shape index (κ1) is 12.7. The fourth-order valence-electron chi connectivity index (χ4n) is 1.76. The van der Waals surface area contributed by atoms with Crippen LogP contribution in [0.1, 0.15) is 36.5 Å². The zero-order valence-electron chi connectivity index (χ0n) is 9.83. The molecule has 1 aliphatic rings. The lowest BCUT2D eigenvalue weighted by Crippen LogP contribution is -2.22. The van der Waals surface area contributed by atoms with Crippen molar-refractivity contribution in [1.82, 2.24) is 0 Å². The lowest BCUT2D eigenvalue weighted by Gasteiger charge is -2.10. The van der Waals surface area contributed by atoms with Crippen molar-refractivity contribution in [3.05, 3.63) is 35.4 Å². The van der Waals surface area contributed by atoms with E-state index in [0.717, 1.165) is 12.1 Å². The first-order valence-corrected chi connectivity index (χ1v) is 5.70. The van der Waals surface area contributed by atoms with E-state index in [1.807, 2.05) is 6.92 Å². The number of ether oxygens (including phenoxy) is 1. The highest BCUT2D eigenvalue weighted by atomic mass is 19.1. The van der Waals surface area contributed by atoms with Crippen molar-refractivity contribution < 1.29 is 23.1 Å². The molecule has 0 radical (unpaired) electrons. The van der Waals surface area contributed by atoms with Crippen LogP contribution in [-0.4, -0.2) is 11.9 Å². The van der Waals surface area contributed by atoms with Gasteiger partial charge in [0.1, 0.15) is 11.6 Å². The molecule has 1 fully saturated rings. The van der Waals surface area contributed by atoms with Crippen LogP contribution >= 0.6 is 0 Å². The molecule has 0 amide bonds. The summed E-state index contributed by atoms with van der Waals surface area (Å²) < 4.78 is 30.6. The molecule has 0 aliphatic heterocycles. The van der Waals surface area contributed by atoms with Gasteiger partial charge in [-0.1, -0.05) is 6.92 Å². The van der Waals surface area contributed by atoms with E-state index in [1.165, 1.54) is 0 Å². The van der Waals surface area contributed by atoms with Crippen LogP contribution in [0.15, 0.2) is 18.2 Å².